The predicted molar refractivity (Wildman–Crippen MR) is 53.4 cm³/mol. The van der Waals surface area contributed by atoms with Crippen molar-refractivity contribution in [3.8, 4) is 0 Å². The van der Waals surface area contributed by atoms with E-state index in [1.165, 1.54) is 6.42 Å². The highest BCUT2D eigenvalue weighted by Gasteiger charge is 2.13. The highest BCUT2D eigenvalue weighted by atomic mass is 16.5. The summed E-state index contributed by atoms with van der Waals surface area (Å²) in [5.41, 5.74) is 0.438. The van der Waals surface area contributed by atoms with Crippen molar-refractivity contribution in [2.75, 3.05) is 26.8 Å². The highest BCUT2D eigenvalue weighted by Crippen LogP contribution is 2.17. The van der Waals surface area contributed by atoms with Gasteiger partial charge in [-0.2, -0.15) is 0 Å². The molecule has 0 heterocycles. The molecular weight excluding hydrogens is 150 g/mol. The number of nitrogens with one attached hydrogen (secondary N) is 1. The van der Waals surface area contributed by atoms with Crippen LogP contribution < -0.4 is 5.32 Å². The van der Waals surface area contributed by atoms with Crippen LogP contribution in [0.25, 0.3) is 0 Å². The number of rotatable bonds is 7. The molecule has 2 nitrogen and oxygen atoms in total. The van der Waals surface area contributed by atoms with Crippen molar-refractivity contribution in [1.82, 2.24) is 5.32 Å². The minimum Gasteiger partial charge on any atom is -0.385 e. The molecule has 0 atom stereocenters. The molecule has 2 heteroatoms. The fourth-order valence-corrected chi connectivity index (χ4v) is 0.893. The van der Waals surface area contributed by atoms with Crippen LogP contribution in [0.4, 0.5) is 0 Å². The Kier molecular flexibility index (Phi) is 6.39. The Morgan fingerprint density at radius 1 is 1.33 bits per heavy atom. The summed E-state index contributed by atoms with van der Waals surface area (Å²) in [6.07, 6.45) is 2.33. The van der Waals surface area contributed by atoms with Gasteiger partial charge in [-0.3, -0.25) is 0 Å². The lowest BCUT2D eigenvalue weighted by molar-refractivity contribution is 0.192. The summed E-state index contributed by atoms with van der Waals surface area (Å²) in [5, 5.41) is 3.43. The average Bonchev–Trinajstić information content (AvgIpc) is 2.04. The monoisotopic (exact) mass is 173 g/mol. The second-order valence-corrected chi connectivity index (χ2v) is 4.04. The molecule has 12 heavy (non-hydrogen) atoms. The second-order valence-electron chi connectivity index (χ2n) is 4.04. The minimum atomic E-state index is 0.438. The third-order valence-corrected chi connectivity index (χ3v) is 2.26. The van der Waals surface area contributed by atoms with Crippen LogP contribution in [0.2, 0.25) is 0 Å². The quantitative estimate of drug-likeness (QED) is 0.595. The van der Waals surface area contributed by atoms with Crippen molar-refractivity contribution >= 4 is 0 Å². The molecule has 0 saturated carbocycles. The SMILES string of the molecule is CCC(C)(C)CNCCCOC. The average molecular weight is 173 g/mol. The second kappa shape index (κ2) is 6.44. The normalized spacial score (nSPS) is 12.0. The molecule has 0 fully saturated rings. The van der Waals surface area contributed by atoms with E-state index in [2.05, 4.69) is 26.1 Å². The zero-order chi connectivity index (χ0) is 9.45. The Labute approximate surface area is 76.7 Å². The maximum Gasteiger partial charge on any atom is 0.0474 e. The topological polar surface area (TPSA) is 21.3 Å². The third-order valence-electron chi connectivity index (χ3n) is 2.26. The van der Waals surface area contributed by atoms with Crippen LogP contribution in [0.15, 0.2) is 0 Å². The lowest BCUT2D eigenvalue weighted by atomic mass is 9.90. The first kappa shape index (κ1) is 11.9. The lowest BCUT2D eigenvalue weighted by Gasteiger charge is -2.22. The van der Waals surface area contributed by atoms with E-state index in [9.17, 15) is 0 Å². The molecule has 0 spiro atoms. The van der Waals surface area contributed by atoms with E-state index in [0.29, 0.717) is 5.41 Å². The lowest BCUT2D eigenvalue weighted by Crippen LogP contribution is -2.29. The van der Waals surface area contributed by atoms with Gasteiger partial charge in [0.2, 0.25) is 0 Å². The van der Waals surface area contributed by atoms with Crippen LogP contribution in [0.1, 0.15) is 33.6 Å². The summed E-state index contributed by atoms with van der Waals surface area (Å²) in [4.78, 5) is 0. The Balaban J connectivity index is 3.19. The molecular formula is C10H23NO. The number of hydrogen-bond donors (Lipinski definition) is 1. The number of ether oxygens (including phenoxy) is 1. The smallest absolute Gasteiger partial charge is 0.0474 e. The standard InChI is InChI=1S/C10H23NO/c1-5-10(2,3)9-11-7-6-8-12-4/h11H,5-9H2,1-4H3. The van der Waals surface area contributed by atoms with Crippen LogP contribution >= 0.6 is 0 Å². The molecule has 0 saturated heterocycles. The van der Waals surface area contributed by atoms with Crippen LogP contribution in [0.5, 0.6) is 0 Å². The van der Waals surface area contributed by atoms with Gasteiger partial charge in [-0.25, -0.2) is 0 Å². The van der Waals surface area contributed by atoms with Gasteiger partial charge in [0.15, 0.2) is 0 Å². The molecule has 74 valence electrons. The molecule has 0 aliphatic carbocycles. The van der Waals surface area contributed by atoms with Crippen molar-refractivity contribution in [2.24, 2.45) is 5.41 Å². The molecule has 0 aromatic heterocycles. The summed E-state index contributed by atoms with van der Waals surface area (Å²) < 4.78 is 4.96. The van der Waals surface area contributed by atoms with Gasteiger partial charge in [0, 0.05) is 20.3 Å². The zero-order valence-corrected chi connectivity index (χ0v) is 8.94. The van der Waals surface area contributed by atoms with Crippen molar-refractivity contribution in [1.29, 1.82) is 0 Å². The molecule has 0 aromatic carbocycles. The maximum atomic E-state index is 4.96. The van der Waals surface area contributed by atoms with E-state index in [-0.39, 0.29) is 0 Å². The Morgan fingerprint density at radius 2 is 2.00 bits per heavy atom. The largest absolute Gasteiger partial charge is 0.385 e. The Bertz CT molecular complexity index is 102. The summed E-state index contributed by atoms with van der Waals surface area (Å²) in [6, 6.07) is 0. The summed E-state index contributed by atoms with van der Waals surface area (Å²) in [5.74, 6) is 0. The van der Waals surface area contributed by atoms with Crippen LogP contribution in [-0.2, 0) is 4.74 Å². The third kappa shape index (κ3) is 6.62. The first-order chi connectivity index (χ1) is 5.62. The highest BCUT2D eigenvalue weighted by molar-refractivity contribution is 4.68. The van der Waals surface area contributed by atoms with Crippen LogP contribution in [0, 0.1) is 5.41 Å². The fourth-order valence-electron chi connectivity index (χ4n) is 0.893. The van der Waals surface area contributed by atoms with E-state index >= 15 is 0 Å². The van der Waals surface area contributed by atoms with E-state index < -0.39 is 0 Å². The molecule has 0 unspecified atom stereocenters. The van der Waals surface area contributed by atoms with Gasteiger partial charge in [0.25, 0.3) is 0 Å². The summed E-state index contributed by atoms with van der Waals surface area (Å²) in [7, 11) is 1.75. The number of methoxy groups -OCH3 is 1. The fraction of sp³-hybridized carbons (Fsp3) is 1.00. The van der Waals surface area contributed by atoms with E-state index in [1.807, 2.05) is 0 Å². The van der Waals surface area contributed by atoms with Crippen LogP contribution in [0.3, 0.4) is 0 Å². The molecule has 0 bridgehead atoms. The van der Waals surface area contributed by atoms with E-state index in [4.69, 9.17) is 4.74 Å². The van der Waals surface area contributed by atoms with Gasteiger partial charge in [0.1, 0.15) is 0 Å². The zero-order valence-electron chi connectivity index (χ0n) is 8.94. The van der Waals surface area contributed by atoms with Gasteiger partial charge in [0.05, 0.1) is 0 Å². The van der Waals surface area contributed by atoms with Crippen molar-refractivity contribution in [3.63, 3.8) is 0 Å². The molecule has 0 aliphatic heterocycles. The van der Waals surface area contributed by atoms with Gasteiger partial charge >= 0.3 is 0 Å². The Morgan fingerprint density at radius 3 is 2.50 bits per heavy atom. The van der Waals surface area contributed by atoms with Crippen molar-refractivity contribution < 1.29 is 4.74 Å². The molecule has 0 rings (SSSR count). The van der Waals surface area contributed by atoms with Crippen LogP contribution in [-0.4, -0.2) is 26.8 Å². The molecule has 1 N–H and O–H groups in total. The van der Waals surface area contributed by atoms with Crippen molar-refractivity contribution in [2.45, 2.75) is 33.6 Å². The predicted octanol–water partition coefficient (Wildman–Crippen LogP) is 2.05. The Hall–Kier alpha value is -0.0800. The molecule has 0 radical (unpaired) electrons. The summed E-state index contributed by atoms with van der Waals surface area (Å²) >= 11 is 0. The molecule has 0 amide bonds. The van der Waals surface area contributed by atoms with Gasteiger partial charge in [-0.15, -0.1) is 0 Å². The van der Waals surface area contributed by atoms with Crippen molar-refractivity contribution in [3.05, 3.63) is 0 Å². The minimum absolute atomic E-state index is 0.438. The van der Waals surface area contributed by atoms with Gasteiger partial charge < -0.3 is 10.1 Å². The molecule has 0 aliphatic rings. The summed E-state index contributed by atoms with van der Waals surface area (Å²) in [6.45, 7) is 9.84. The van der Waals surface area contributed by atoms with E-state index in [0.717, 1.165) is 26.1 Å². The van der Waals surface area contributed by atoms with Gasteiger partial charge in [-0.05, 0) is 24.8 Å². The maximum absolute atomic E-state index is 4.96. The molecule has 0 aromatic rings. The number of hydrogen-bond acceptors (Lipinski definition) is 2. The first-order valence-corrected chi connectivity index (χ1v) is 4.82. The van der Waals surface area contributed by atoms with E-state index in [1.54, 1.807) is 7.11 Å². The first-order valence-electron chi connectivity index (χ1n) is 4.82. The van der Waals surface area contributed by atoms with Gasteiger partial charge in [-0.1, -0.05) is 20.8 Å².